The Morgan fingerprint density at radius 1 is 1.12 bits per heavy atom. The van der Waals surface area contributed by atoms with Crippen molar-refractivity contribution in [3.8, 4) is 0 Å². The molecule has 0 radical (unpaired) electrons. The van der Waals surface area contributed by atoms with E-state index in [0.29, 0.717) is 34.1 Å². The standard InChI is InChI=1S/C28H32ClF3N4O4S/c29-24-9-8-23(41-24)27(39)33-13-22(35(15-18-4-5-18)14-17-2-1-3-17)26(38)34-19-6-7-21(20(12-19)28(30,31)32)36-10-11-40-16-25(36)37/h6-9,12,17-18,22H,1-5,10-11,13-16H2,(H,33,39)(H,34,38)/t22-/m0/s1. The molecule has 1 saturated heterocycles. The van der Waals surface area contributed by atoms with Gasteiger partial charge in [-0.3, -0.25) is 19.3 Å². The summed E-state index contributed by atoms with van der Waals surface area (Å²) >= 11 is 7.10. The van der Waals surface area contributed by atoms with Crippen LogP contribution in [0, 0.1) is 11.8 Å². The van der Waals surface area contributed by atoms with E-state index in [-0.39, 0.29) is 43.6 Å². The Labute approximate surface area is 245 Å². The van der Waals surface area contributed by atoms with Crippen molar-refractivity contribution < 1.29 is 32.3 Å². The van der Waals surface area contributed by atoms with Crippen LogP contribution in [0.15, 0.2) is 30.3 Å². The maximum atomic E-state index is 14.1. The van der Waals surface area contributed by atoms with Gasteiger partial charge in [-0.15, -0.1) is 11.3 Å². The number of ether oxygens (including phenoxy) is 1. The molecule has 0 spiro atoms. The third kappa shape index (κ3) is 7.59. The molecule has 2 aromatic rings. The van der Waals surface area contributed by atoms with E-state index >= 15 is 0 Å². The number of rotatable bonds is 11. The zero-order chi connectivity index (χ0) is 29.1. The summed E-state index contributed by atoms with van der Waals surface area (Å²) in [5.41, 5.74) is -1.33. The third-order valence-corrected chi connectivity index (χ3v) is 8.98. The number of nitrogens with one attached hydrogen (secondary N) is 2. The minimum atomic E-state index is -4.76. The first-order chi connectivity index (χ1) is 19.6. The van der Waals surface area contributed by atoms with E-state index in [1.54, 1.807) is 12.1 Å². The van der Waals surface area contributed by atoms with Gasteiger partial charge in [-0.2, -0.15) is 13.2 Å². The number of halogens is 4. The van der Waals surface area contributed by atoms with Crippen molar-refractivity contribution in [2.45, 2.75) is 44.3 Å². The fraction of sp³-hybridized carbons (Fsp3) is 0.536. The van der Waals surface area contributed by atoms with Crippen molar-refractivity contribution in [3.63, 3.8) is 0 Å². The summed E-state index contributed by atoms with van der Waals surface area (Å²) < 4.78 is 47.8. The van der Waals surface area contributed by atoms with Crippen molar-refractivity contribution in [2.75, 3.05) is 49.6 Å². The highest BCUT2D eigenvalue weighted by Crippen LogP contribution is 2.39. The van der Waals surface area contributed by atoms with Crippen molar-refractivity contribution in [2.24, 2.45) is 11.8 Å². The van der Waals surface area contributed by atoms with E-state index in [1.807, 2.05) is 0 Å². The van der Waals surface area contributed by atoms with Gasteiger partial charge in [-0.05, 0) is 67.9 Å². The van der Waals surface area contributed by atoms with Crippen LogP contribution in [0.3, 0.4) is 0 Å². The molecule has 13 heteroatoms. The van der Waals surface area contributed by atoms with Crippen molar-refractivity contribution >= 4 is 52.0 Å². The van der Waals surface area contributed by atoms with E-state index in [0.717, 1.165) is 54.4 Å². The summed E-state index contributed by atoms with van der Waals surface area (Å²) in [7, 11) is 0. The molecule has 5 rings (SSSR count). The van der Waals surface area contributed by atoms with Gasteiger partial charge in [0.2, 0.25) is 5.91 Å². The van der Waals surface area contributed by atoms with Gasteiger partial charge < -0.3 is 20.3 Å². The van der Waals surface area contributed by atoms with Crippen LogP contribution in [-0.2, 0) is 20.5 Å². The number of amides is 3. The second-order valence-corrected chi connectivity index (χ2v) is 12.6. The van der Waals surface area contributed by atoms with Crippen LogP contribution in [-0.4, -0.2) is 68.1 Å². The highest BCUT2D eigenvalue weighted by molar-refractivity contribution is 7.18. The number of benzene rings is 1. The van der Waals surface area contributed by atoms with Crippen LogP contribution in [0.2, 0.25) is 4.34 Å². The van der Waals surface area contributed by atoms with Crippen LogP contribution in [0.1, 0.15) is 47.3 Å². The molecule has 1 atom stereocenters. The van der Waals surface area contributed by atoms with Crippen LogP contribution in [0.4, 0.5) is 24.5 Å². The van der Waals surface area contributed by atoms with Gasteiger partial charge in [0.1, 0.15) is 12.6 Å². The molecule has 8 nitrogen and oxygen atoms in total. The van der Waals surface area contributed by atoms with Gasteiger partial charge >= 0.3 is 6.18 Å². The minimum absolute atomic E-state index is 0.00212. The Balaban J connectivity index is 1.37. The summed E-state index contributed by atoms with van der Waals surface area (Å²) in [5.74, 6) is -0.531. The average Bonchev–Trinajstić information content (AvgIpc) is 3.62. The second kappa shape index (κ2) is 12.7. The maximum absolute atomic E-state index is 14.1. The molecular weight excluding hydrogens is 581 g/mol. The Kier molecular flexibility index (Phi) is 9.22. The van der Waals surface area contributed by atoms with Gasteiger partial charge in [0.05, 0.1) is 27.1 Å². The molecule has 3 amide bonds. The fourth-order valence-electron chi connectivity index (χ4n) is 5.14. The summed E-state index contributed by atoms with van der Waals surface area (Å²) in [5, 5.41) is 5.50. The van der Waals surface area contributed by atoms with Crippen molar-refractivity contribution in [1.29, 1.82) is 0 Å². The topological polar surface area (TPSA) is 91.0 Å². The molecule has 2 N–H and O–H groups in total. The number of morpholine rings is 1. The van der Waals surface area contributed by atoms with Crippen LogP contribution >= 0.6 is 22.9 Å². The molecule has 0 unspecified atom stereocenters. The molecule has 2 heterocycles. The van der Waals surface area contributed by atoms with Gasteiger partial charge in [-0.1, -0.05) is 18.0 Å². The number of nitrogens with zero attached hydrogens (tertiary/aromatic N) is 2. The smallest absolute Gasteiger partial charge is 0.370 e. The first kappa shape index (κ1) is 29.8. The second-order valence-electron chi connectivity index (χ2n) is 10.8. The molecule has 1 aromatic carbocycles. The molecule has 3 aliphatic rings. The van der Waals surface area contributed by atoms with Crippen molar-refractivity contribution in [1.82, 2.24) is 10.2 Å². The SMILES string of the molecule is O=C(NC[C@@H](C(=O)Nc1ccc(N2CCOCC2=O)c(C(F)(F)F)c1)N(CC1CCC1)CC1CC1)c1ccc(Cl)s1. The number of hydrogen-bond donors (Lipinski definition) is 2. The summed E-state index contributed by atoms with van der Waals surface area (Å²) in [6.45, 7) is 1.19. The average molecular weight is 613 g/mol. The lowest BCUT2D eigenvalue weighted by Gasteiger charge is -2.37. The molecule has 1 aromatic heterocycles. The number of carbonyl (C=O) groups excluding carboxylic acids is 3. The number of hydrogen-bond acceptors (Lipinski definition) is 6. The van der Waals surface area contributed by atoms with E-state index in [1.165, 1.54) is 12.1 Å². The Morgan fingerprint density at radius 3 is 2.44 bits per heavy atom. The molecule has 41 heavy (non-hydrogen) atoms. The lowest BCUT2D eigenvalue weighted by Crippen LogP contribution is -2.53. The number of anilines is 2. The summed E-state index contributed by atoms with van der Waals surface area (Å²) in [6.07, 6.45) is 0.621. The zero-order valence-electron chi connectivity index (χ0n) is 22.3. The predicted octanol–water partition coefficient (Wildman–Crippen LogP) is 5.03. The first-order valence-corrected chi connectivity index (χ1v) is 15.0. The molecule has 222 valence electrons. The Morgan fingerprint density at radius 2 is 1.85 bits per heavy atom. The number of alkyl halides is 3. The lowest BCUT2D eigenvalue weighted by molar-refractivity contribution is -0.137. The monoisotopic (exact) mass is 612 g/mol. The van der Waals surface area contributed by atoms with Crippen molar-refractivity contribution in [3.05, 3.63) is 45.1 Å². The largest absolute Gasteiger partial charge is 0.418 e. The molecule has 1 aliphatic heterocycles. The molecule has 0 bridgehead atoms. The number of carbonyl (C=O) groups is 3. The predicted molar refractivity (Wildman–Crippen MR) is 150 cm³/mol. The van der Waals surface area contributed by atoms with E-state index in [9.17, 15) is 27.6 Å². The lowest BCUT2D eigenvalue weighted by atomic mass is 9.84. The highest BCUT2D eigenvalue weighted by Gasteiger charge is 2.38. The van der Waals surface area contributed by atoms with Gasteiger partial charge in [-0.25, -0.2) is 0 Å². The molecule has 3 fully saturated rings. The minimum Gasteiger partial charge on any atom is -0.370 e. The first-order valence-electron chi connectivity index (χ1n) is 13.8. The normalized spacial score (nSPS) is 18.8. The zero-order valence-corrected chi connectivity index (χ0v) is 23.9. The third-order valence-electron chi connectivity index (χ3n) is 7.75. The van der Waals surface area contributed by atoms with Crippen LogP contribution in [0.25, 0.3) is 0 Å². The van der Waals surface area contributed by atoms with Crippen LogP contribution in [0.5, 0.6) is 0 Å². The van der Waals surface area contributed by atoms with Gasteiger partial charge in [0.15, 0.2) is 0 Å². The Hall–Kier alpha value is -2.67. The summed E-state index contributed by atoms with van der Waals surface area (Å²) in [4.78, 5) is 42.3. The maximum Gasteiger partial charge on any atom is 0.418 e. The van der Waals surface area contributed by atoms with E-state index < -0.39 is 29.6 Å². The van der Waals surface area contributed by atoms with E-state index in [2.05, 4.69) is 15.5 Å². The Bertz CT molecular complexity index is 1280. The van der Waals surface area contributed by atoms with Crippen LogP contribution < -0.4 is 15.5 Å². The highest BCUT2D eigenvalue weighted by atomic mass is 35.5. The van der Waals surface area contributed by atoms with E-state index in [4.69, 9.17) is 16.3 Å². The van der Waals surface area contributed by atoms with Gasteiger partial charge in [0.25, 0.3) is 11.8 Å². The fourth-order valence-corrected chi connectivity index (χ4v) is 6.10. The van der Waals surface area contributed by atoms with Gasteiger partial charge in [0, 0.05) is 31.9 Å². The quantitative estimate of drug-likeness (QED) is 0.371. The molecular formula is C28H32ClF3N4O4S. The summed E-state index contributed by atoms with van der Waals surface area (Å²) in [6, 6.07) is 5.86. The molecule has 2 saturated carbocycles. The number of thiophene rings is 1. The molecule has 2 aliphatic carbocycles.